The van der Waals surface area contributed by atoms with Gasteiger partial charge in [-0.05, 0) is 49.4 Å². The first kappa shape index (κ1) is 19.9. The lowest BCUT2D eigenvalue weighted by Crippen LogP contribution is -2.36. The second kappa shape index (κ2) is 8.53. The molecule has 0 fully saturated rings. The first-order valence-corrected chi connectivity index (χ1v) is 10.1. The predicted octanol–water partition coefficient (Wildman–Crippen LogP) is 4.34. The van der Waals surface area contributed by atoms with Crippen LogP contribution in [0, 0.1) is 6.92 Å². The van der Waals surface area contributed by atoms with E-state index in [4.69, 9.17) is 9.15 Å². The Bertz CT molecular complexity index is 1060. The van der Waals surface area contributed by atoms with Crippen LogP contribution >= 0.6 is 0 Å². The van der Waals surface area contributed by atoms with Crippen molar-refractivity contribution in [1.82, 2.24) is 9.88 Å². The maximum atomic E-state index is 12.7. The zero-order chi connectivity index (χ0) is 21.1. The number of hydrogen-bond acceptors (Lipinski definition) is 5. The molecule has 2 aromatic carbocycles. The van der Waals surface area contributed by atoms with Crippen LogP contribution in [0.25, 0.3) is 11.5 Å². The van der Waals surface area contributed by atoms with Crippen molar-refractivity contribution in [3.8, 4) is 11.5 Å². The number of esters is 1. The van der Waals surface area contributed by atoms with E-state index < -0.39 is 5.97 Å². The number of nitrogens with zero attached hydrogens (tertiary/aromatic N) is 2. The van der Waals surface area contributed by atoms with E-state index in [9.17, 15) is 9.59 Å². The van der Waals surface area contributed by atoms with Gasteiger partial charge in [-0.1, -0.05) is 42.5 Å². The lowest BCUT2D eigenvalue weighted by molar-refractivity contribution is -0.135. The van der Waals surface area contributed by atoms with Crippen molar-refractivity contribution in [2.24, 2.45) is 0 Å². The Morgan fingerprint density at radius 3 is 2.67 bits per heavy atom. The number of aromatic nitrogens is 1. The molecule has 3 aromatic rings. The minimum absolute atomic E-state index is 0.000350. The number of carbonyl (C=O) groups is 2. The summed E-state index contributed by atoms with van der Waals surface area (Å²) in [6.45, 7) is 1.32. The van der Waals surface area contributed by atoms with Gasteiger partial charge in [0, 0.05) is 12.6 Å². The van der Waals surface area contributed by atoms with Crippen LogP contribution in [0.3, 0.4) is 0 Å². The van der Waals surface area contributed by atoms with E-state index >= 15 is 0 Å². The number of hydrogen-bond donors (Lipinski definition) is 0. The Balaban J connectivity index is 1.41. The summed E-state index contributed by atoms with van der Waals surface area (Å²) in [7, 11) is 1.76. The summed E-state index contributed by atoms with van der Waals surface area (Å²) in [6, 6.07) is 17.5. The molecule has 1 atom stereocenters. The van der Waals surface area contributed by atoms with E-state index in [1.54, 1.807) is 18.9 Å². The zero-order valence-corrected chi connectivity index (χ0v) is 17.1. The monoisotopic (exact) mass is 404 g/mol. The second-order valence-electron chi connectivity index (χ2n) is 7.48. The van der Waals surface area contributed by atoms with Gasteiger partial charge in [-0.25, -0.2) is 9.78 Å². The van der Waals surface area contributed by atoms with Crippen molar-refractivity contribution < 1.29 is 18.7 Å². The van der Waals surface area contributed by atoms with E-state index in [1.165, 1.54) is 11.1 Å². The minimum Gasteiger partial charge on any atom is -0.451 e. The van der Waals surface area contributed by atoms with Crippen molar-refractivity contribution in [3.63, 3.8) is 0 Å². The molecule has 1 aliphatic rings. The molecule has 0 aliphatic heterocycles. The molecule has 154 valence electrons. The molecule has 1 amide bonds. The van der Waals surface area contributed by atoms with E-state index in [2.05, 4.69) is 17.1 Å². The number of ether oxygens (including phenoxy) is 1. The topological polar surface area (TPSA) is 72.6 Å². The fourth-order valence-electron chi connectivity index (χ4n) is 3.89. The highest BCUT2D eigenvalue weighted by Gasteiger charge is 2.27. The molecule has 6 heteroatoms. The van der Waals surface area contributed by atoms with Crippen LogP contribution < -0.4 is 0 Å². The summed E-state index contributed by atoms with van der Waals surface area (Å²) in [4.78, 5) is 31.1. The summed E-state index contributed by atoms with van der Waals surface area (Å²) < 4.78 is 10.9. The Hall–Kier alpha value is -3.41. The standard InChI is InChI=1S/C24H24N2O4/c1-16-22(25-23(30-16)18-10-4-3-5-11-18)24(28)29-15-21(27)26(2)20-14-8-12-17-9-6-7-13-19(17)20/h3-7,9-11,13,20H,8,12,14-15H2,1-2H3/t20-/m1/s1. The van der Waals surface area contributed by atoms with Crippen LogP contribution in [0.1, 0.15) is 46.3 Å². The summed E-state index contributed by atoms with van der Waals surface area (Å²) in [5.74, 6) is -0.193. The predicted molar refractivity (Wildman–Crippen MR) is 112 cm³/mol. The second-order valence-corrected chi connectivity index (χ2v) is 7.48. The SMILES string of the molecule is Cc1oc(-c2ccccc2)nc1C(=O)OCC(=O)N(C)[C@@H]1CCCc2ccccc21. The fraction of sp³-hybridized carbons (Fsp3) is 0.292. The molecule has 6 nitrogen and oxygen atoms in total. The van der Waals surface area contributed by atoms with E-state index in [0.717, 1.165) is 24.8 Å². The number of carbonyl (C=O) groups excluding carboxylic acids is 2. The molecule has 0 unspecified atom stereocenters. The van der Waals surface area contributed by atoms with Gasteiger partial charge in [0.1, 0.15) is 5.76 Å². The Morgan fingerprint density at radius 1 is 1.13 bits per heavy atom. The Morgan fingerprint density at radius 2 is 1.87 bits per heavy atom. The highest BCUT2D eigenvalue weighted by atomic mass is 16.5. The fourth-order valence-corrected chi connectivity index (χ4v) is 3.89. The van der Waals surface area contributed by atoms with Gasteiger partial charge >= 0.3 is 5.97 Å². The molecule has 4 rings (SSSR count). The molecule has 0 spiro atoms. The molecule has 1 heterocycles. The van der Waals surface area contributed by atoms with Crippen molar-refractivity contribution in [2.75, 3.05) is 13.7 Å². The molecule has 0 radical (unpaired) electrons. The molecule has 30 heavy (non-hydrogen) atoms. The third-order valence-corrected chi connectivity index (χ3v) is 5.54. The van der Waals surface area contributed by atoms with Crippen LogP contribution in [0.4, 0.5) is 0 Å². The molecule has 0 N–H and O–H groups in total. The average molecular weight is 404 g/mol. The summed E-state index contributed by atoms with van der Waals surface area (Å²) in [5, 5.41) is 0. The van der Waals surface area contributed by atoms with Crippen molar-refractivity contribution >= 4 is 11.9 Å². The van der Waals surface area contributed by atoms with Crippen LogP contribution in [0.15, 0.2) is 59.0 Å². The lowest BCUT2D eigenvalue weighted by Gasteiger charge is -2.33. The summed E-state index contributed by atoms with van der Waals surface area (Å²) in [5.41, 5.74) is 3.31. The number of benzene rings is 2. The van der Waals surface area contributed by atoms with Crippen LogP contribution in [-0.4, -0.2) is 35.4 Å². The van der Waals surface area contributed by atoms with Gasteiger partial charge in [0.05, 0.1) is 6.04 Å². The summed E-state index contributed by atoms with van der Waals surface area (Å²) >= 11 is 0. The zero-order valence-electron chi connectivity index (χ0n) is 17.1. The molecular weight excluding hydrogens is 380 g/mol. The van der Waals surface area contributed by atoms with Crippen molar-refractivity contribution in [1.29, 1.82) is 0 Å². The molecule has 0 bridgehead atoms. The number of rotatable bonds is 5. The Kier molecular flexibility index (Phi) is 5.65. The van der Waals surface area contributed by atoms with Gasteiger partial charge in [-0.3, -0.25) is 4.79 Å². The lowest BCUT2D eigenvalue weighted by atomic mass is 9.87. The molecule has 1 aliphatic carbocycles. The number of aryl methyl sites for hydroxylation is 2. The normalized spacial score (nSPS) is 15.3. The first-order chi connectivity index (χ1) is 14.5. The number of likely N-dealkylation sites (N-methyl/N-ethyl adjacent to an activating group) is 1. The van der Waals surface area contributed by atoms with Gasteiger partial charge < -0.3 is 14.1 Å². The smallest absolute Gasteiger partial charge is 0.361 e. The third kappa shape index (κ3) is 3.99. The molecule has 0 saturated heterocycles. The number of amides is 1. The van der Waals surface area contributed by atoms with E-state index in [0.29, 0.717) is 11.7 Å². The van der Waals surface area contributed by atoms with Crippen molar-refractivity contribution in [2.45, 2.75) is 32.2 Å². The third-order valence-electron chi connectivity index (χ3n) is 5.54. The molecular formula is C24H24N2O4. The number of oxazole rings is 1. The average Bonchev–Trinajstić information content (AvgIpc) is 3.18. The van der Waals surface area contributed by atoms with Crippen LogP contribution in [-0.2, 0) is 16.0 Å². The van der Waals surface area contributed by atoms with Gasteiger partial charge in [-0.15, -0.1) is 0 Å². The van der Waals surface area contributed by atoms with Crippen LogP contribution in [0.5, 0.6) is 0 Å². The van der Waals surface area contributed by atoms with Gasteiger partial charge in [0.15, 0.2) is 12.3 Å². The largest absolute Gasteiger partial charge is 0.451 e. The molecule has 1 aromatic heterocycles. The highest BCUT2D eigenvalue weighted by molar-refractivity contribution is 5.91. The maximum absolute atomic E-state index is 12.7. The van der Waals surface area contributed by atoms with Crippen molar-refractivity contribution in [3.05, 3.63) is 77.2 Å². The van der Waals surface area contributed by atoms with E-state index in [1.807, 2.05) is 42.5 Å². The van der Waals surface area contributed by atoms with Gasteiger partial charge in [0.2, 0.25) is 5.89 Å². The van der Waals surface area contributed by atoms with Crippen LogP contribution in [0.2, 0.25) is 0 Å². The maximum Gasteiger partial charge on any atom is 0.361 e. The molecule has 0 saturated carbocycles. The van der Waals surface area contributed by atoms with Gasteiger partial charge in [0.25, 0.3) is 5.91 Å². The summed E-state index contributed by atoms with van der Waals surface area (Å²) in [6.07, 6.45) is 2.95. The van der Waals surface area contributed by atoms with Gasteiger partial charge in [-0.2, -0.15) is 0 Å². The first-order valence-electron chi connectivity index (χ1n) is 10.1. The number of fused-ring (bicyclic) bond motifs is 1. The highest BCUT2D eigenvalue weighted by Crippen LogP contribution is 2.33. The van der Waals surface area contributed by atoms with E-state index in [-0.39, 0.29) is 24.2 Å². The minimum atomic E-state index is -0.663. The Labute approximate surface area is 175 Å². The quantitative estimate of drug-likeness (QED) is 0.592.